The highest BCUT2D eigenvalue weighted by Gasteiger charge is 2.23. The van der Waals surface area contributed by atoms with Crippen molar-refractivity contribution in [2.75, 3.05) is 31.7 Å². The number of pyridine rings is 1. The van der Waals surface area contributed by atoms with Crippen molar-refractivity contribution in [3.05, 3.63) is 23.6 Å². The second kappa shape index (κ2) is 6.11. The molecule has 0 saturated carbocycles. The summed E-state index contributed by atoms with van der Waals surface area (Å²) in [5.41, 5.74) is 0.300. The number of methoxy groups -OCH3 is 1. The number of ether oxygens (including phenoxy) is 1. The Kier molecular flexibility index (Phi) is 4.49. The second-order valence-electron chi connectivity index (χ2n) is 4.68. The van der Waals surface area contributed by atoms with Crippen molar-refractivity contribution in [3.63, 3.8) is 0 Å². The molecule has 1 unspecified atom stereocenters. The quantitative estimate of drug-likeness (QED) is 0.886. The smallest absolute Gasteiger partial charge is 0.171 e. The van der Waals surface area contributed by atoms with Gasteiger partial charge in [-0.1, -0.05) is 0 Å². The van der Waals surface area contributed by atoms with E-state index < -0.39 is 5.82 Å². The number of aliphatic hydroxyl groups is 1. The van der Waals surface area contributed by atoms with Gasteiger partial charge < -0.3 is 14.7 Å². The summed E-state index contributed by atoms with van der Waals surface area (Å²) in [7, 11) is 1.68. The van der Waals surface area contributed by atoms with Crippen molar-refractivity contribution in [3.8, 4) is 0 Å². The predicted octanol–water partition coefficient (Wildman–Crippen LogP) is 1.58. The van der Waals surface area contributed by atoms with Crippen LogP contribution < -0.4 is 4.90 Å². The van der Waals surface area contributed by atoms with Crippen LogP contribution in [-0.2, 0) is 11.3 Å². The minimum absolute atomic E-state index is 0.295. The van der Waals surface area contributed by atoms with Gasteiger partial charge in [0.1, 0.15) is 0 Å². The van der Waals surface area contributed by atoms with E-state index in [1.54, 1.807) is 13.3 Å². The predicted molar refractivity (Wildman–Crippen MR) is 66.9 cm³/mol. The third-order valence-corrected chi connectivity index (χ3v) is 3.34. The van der Waals surface area contributed by atoms with E-state index in [4.69, 9.17) is 9.84 Å². The molecular weight excluding hydrogens is 235 g/mol. The van der Waals surface area contributed by atoms with Gasteiger partial charge in [0.25, 0.3) is 0 Å². The fourth-order valence-corrected chi connectivity index (χ4v) is 2.44. The summed E-state index contributed by atoms with van der Waals surface area (Å²) in [6.45, 7) is 1.96. The molecule has 1 N–H and O–H groups in total. The number of anilines is 1. The highest BCUT2D eigenvalue weighted by atomic mass is 19.1. The average Bonchev–Trinajstić information content (AvgIpc) is 2.40. The summed E-state index contributed by atoms with van der Waals surface area (Å²) in [6.07, 6.45) is 3.66. The molecule has 0 amide bonds. The molecule has 1 aliphatic rings. The molecule has 0 radical (unpaired) electrons. The maximum atomic E-state index is 14.1. The zero-order chi connectivity index (χ0) is 13.0. The average molecular weight is 254 g/mol. The lowest BCUT2D eigenvalue weighted by Crippen LogP contribution is -2.38. The van der Waals surface area contributed by atoms with Gasteiger partial charge in [-0.25, -0.2) is 9.37 Å². The van der Waals surface area contributed by atoms with Crippen LogP contribution in [0.25, 0.3) is 0 Å². The van der Waals surface area contributed by atoms with E-state index >= 15 is 0 Å². The van der Waals surface area contributed by atoms with Gasteiger partial charge in [0, 0.05) is 32.0 Å². The van der Waals surface area contributed by atoms with Gasteiger partial charge in [-0.2, -0.15) is 0 Å². The van der Waals surface area contributed by atoms with Crippen molar-refractivity contribution >= 4 is 5.82 Å². The number of aromatic nitrogens is 1. The molecule has 0 bridgehead atoms. The number of hydrogen-bond donors (Lipinski definition) is 1. The second-order valence-corrected chi connectivity index (χ2v) is 4.68. The molecule has 5 heteroatoms. The summed E-state index contributed by atoms with van der Waals surface area (Å²) in [6, 6.07) is 1.51. The monoisotopic (exact) mass is 254 g/mol. The summed E-state index contributed by atoms with van der Waals surface area (Å²) < 4.78 is 19.2. The Hall–Kier alpha value is -1.20. The fourth-order valence-electron chi connectivity index (χ4n) is 2.44. The van der Waals surface area contributed by atoms with Gasteiger partial charge in [0.05, 0.1) is 13.2 Å². The molecule has 2 rings (SSSR count). The lowest BCUT2D eigenvalue weighted by molar-refractivity contribution is 0.143. The molecular formula is C13H19FN2O2. The van der Waals surface area contributed by atoms with Crippen molar-refractivity contribution in [2.24, 2.45) is 5.92 Å². The molecule has 1 saturated heterocycles. The Morgan fingerprint density at radius 3 is 3.17 bits per heavy atom. The van der Waals surface area contributed by atoms with Crippen molar-refractivity contribution in [2.45, 2.75) is 19.4 Å². The number of hydrogen-bond acceptors (Lipinski definition) is 4. The Morgan fingerprint density at radius 2 is 2.44 bits per heavy atom. The van der Waals surface area contributed by atoms with E-state index in [1.165, 1.54) is 6.07 Å². The topological polar surface area (TPSA) is 45.6 Å². The largest absolute Gasteiger partial charge is 0.392 e. The van der Waals surface area contributed by atoms with Crippen molar-refractivity contribution in [1.82, 2.24) is 4.98 Å². The third-order valence-electron chi connectivity index (χ3n) is 3.34. The standard InChI is InChI=1S/C13H19FN2O2/c1-18-9-10-3-2-6-16(7-10)13-12(14)11(8-17)4-5-15-13/h4-5,10,17H,2-3,6-9H2,1H3. The molecule has 100 valence electrons. The maximum Gasteiger partial charge on any atom is 0.171 e. The van der Waals surface area contributed by atoms with E-state index in [-0.39, 0.29) is 6.61 Å². The van der Waals surface area contributed by atoms with Crippen LogP contribution in [0.2, 0.25) is 0 Å². The number of piperidine rings is 1. The Labute approximate surface area is 106 Å². The summed E-state index contributed by atoms with van der Waals surface area (Å²) in [5, 5.41) is 9.07. The highest BCUT2D eigenvalue weighted by Crippen LogP contribution is 2.25. The zero-order valence-corrected chi connectivity index (χ0v) is 10.6. The van der Waals surface area contributed by atoms with Gasteiger partial charge in [-0.3, -0.25) is 0 Å². The van der Waals surface area contributed by atoms with E-state index in [2.05, 4.69) is 4.98 Å². The molecule has 1 aliphatic heterocycles. The van der Waals surface area contributed by atoms with E-state index in [9.17, 15) is 4.39 Å². The first kappa shape index (κ1) is 13.2. The molecule has 1 fully saturated rings. The molecule has 0 spiro atoms. The Bertz CT molecular complexity index is 399. The van der Waals surface area contributed by atoms with Crippen LogP contribution in [0.4, 0.5) is 10.2 Å². The van der Waals surface area contributed by atoms with Crippen LogP contribution >= 0.6 is 0 Å². The molecule has 2 heterocycles. The minimum atomic E-state index is -0.405. The third kappa shape index (κ3) is 2.79. The Morgan fingerprint density at radius 1 is 1.61 bits per heavy atom. The van der Waals surface area contributed by atoms with Crippen molar-refractivity contribution in [1.29, 1.82) is 0 Å². The lowest BCUT2D eigenvalue weighted by atomic mass is 9.99. The van der Waals surface area contributed by atoms with Crippen LogP contribution in [0.3, 0.4) is 0 Å². The molecule has 1 aromatic rings. The molecule has 1 aromatic heterocycles. The number of aliphatic hydroxyl groups excluding tert-OH is 1. The molecule has 4 nitrogen and oxygen atoms in total. The first-order chi connectivity index (χ1) is 8.76. The first-order valence-electron chi connectivity index (χ1n) is 6.24. The maximum absolute atomic E-state index is 14.1. The molecule has 18 heavy (non-hydrogen) atoms. The normalized spacial score (nSPS) is 20.2. The van der Waals surface area contributed by atoms with Crippen LogP contribution in [0, 0.1) is 11.7 Å². The summed E-state index contributed by atoms with van der Waals surface area (Å²) in [4.78, 5) is 6.05. The van der Waals surface area contributed by atoms with E-state index in [1.807, 2.05) is 4.90 Å². The van der Waals surface area contributed by atoms with Gasteiger partial charge in [0.15, 0.2) is 11.6 Å². The van der Waals surface area contributed by atoms with Crippen LogP contribution in [-0.4, -0.2) is 36.9 Å². The van der Waals surface area contributed by atoms with E-state index in [0.29, 0.717) is 23.9 Å². The first-order valence-corrected chi connectivity index (χ1v) is 6.24. The highest BCUT2D eigenvalue weighted by molar-refractivity contribution is 5.43. The van der Waals surface area contributed by atoms with E-state index in [0.717, 1.165) is 25.9 Å². The summed E-state index contributed by atoms with van der Waals surface area (Å²) in [5.74, 6) is 0.364. The molecule has 1 atom stereocenters. The zero-order valence-electron chi connectivity index (χ0n) is 10.6. The van der Waals surface area contributed by atoms with Gasteiger partial charge >= 0.3 is 0 Å². The van der Waals surface area contributed by atoms with Gasteiger partial charge in [-0.15, -0.1) is 0 Å². The van der Waals surface area contributed by atoms with Crippen LogP contribution in [0.5, 0.6) is 0 Å². The summed E-state index contributed by atoms with van der Waals surface area (Å²) >= 11 is 0. The number of rotatable bonds is 4. The number of halogens is 1. The number of nitrogens with zero attached hydrogens (tertiary/aromatic N) is 2. The van der Waals surface area contributed by atoms with Gasteiger partial charge in [-0.05, 0) is 24.8 Å². The SMILES string of the molecule is COCC1CCCN(c2nccc(CO)c2F)C1. The van der Waals surface area contributed by atoms with Gasteiger partial charge in [0.2, 0.25) is 0 Å². The fraction of sp³-hybridized carbons (Fsp3) is 0.615. The van der Waals surface area contributed by atoms with Crippen molar-refractivity contribution < 1.29 is 14.2 Å². The van der Waals surface area contributed by atoms with Crippen LogP contribution in [0.15, 0.2) is 12.3 Å². The minimum Gasteiger partial charge on any atom is -0.392 e. The molecule has 0 aliphatic carbocycles. The molecule has 0 aromatic carbocycles. The Balaban J connectivity index is 2.15. The lowest BCUT2D eigenvalue weighted by Gasteiger charge is -2.33. The van der Waals surface area contributed by atoms with Crippen LogP contribution in [0.1, 0.15) is 18.4 Å².